The van der Waals surface area contributed by atoms with Crippen LogP contribution in [-0.4, -0.2) is 33.2 Å². The Hall–Kier alpha value is -3.58. The fourth-order valence-corrected chi connectivity index (χ4v) is 4.89. The Labute approximate surface area is 203 Å². The summed E-state index contributed by atoms with van der Waals surface area (Å²) in [6, 6.07) is 17.0. The van der Waals surface area contributed by atoms with Crippen LogP contribution in [0.2, 0.25) is 0 Å². The third-order valence-electron chi connectivity index (χ3n) is 5.69. The third-order valence-corrected chi connectivity index (χ3v) is 6.60. The number of imide groups is 1. The van der Waals surface area contributed by atoms with Gasteiger partial charge in [-0.05, 0) is 87.0 Å². The summed E-state index contributed by atoms with van der Waals surface area (Å²) in [5.74, 6) is -0.628. The normalized spacial score (nSPS) is 14.8. The zero-order valence-corrected chi connectivity index (χ0v) is 20.4. The summed E-state index contributed by atoms with van der Waals surface area (Å²) in [6.07, 6.45) is 1.78. The molecule has 3 aromatic rings. The van der Waals surface area contributed by atoms with E-state index in [1.54, 1.807) is 25.1 Å². The Morgan fingerprint density at radius 3 is 2.44 bits per heavy atom. The zero-order chi connectivity index (χ0) is 24.4. The lowest BCUT2D eigenvalue weighted by Gasteiger charge is -2.12. The molecule has 4 rings (SSSR count). The van der Waals surface area contributed by atoms with E-state index in [2.05, 4.69) is 4.57 Å². The van der Waals surface area contributed by atoms with Gasteiger partial charge in [-0.1, -0.05) is 29.8 Å². The lowest BCUT2D eigenvalue weighted by Crippen LogP contribution is -2.27. The number of carbonyl (C=O) groups is 3. The highest BCUT2D eigenvalue weighted by Gasteiger charge is 2.35. The van der Waals surface area contributed by atoms with E-state index in [0.717, 1.165) is 45.5 Å². The van der Waals surface area contributed by atoms with E-state index in [9.17, 15) is 14.4 Å². The third kappa shape index (κ3) is 4.70. The van der Waals surface area contributed by atoms with Crippen LogP contribution in [0.5, 0.6) is 0 Å². The first kappa shape index (κ1) is 23.6. The van der Waals surface area contributed by atoms with E-state index >= 15 is 0 Å². The van der Waals surface area contributed by atoms with Crippen LogP contribution in [0.1, 0.15) is 45.4 Å². The number of hydrogen-bond acceptors (Lipinski definition) is 5. The lowest BCUT2D eigenvalue weighted by molar-refractivity contribution is -0.123. The second-order valence-electron chi connectivity index (χ2n) is 8.19. The molecule has 0 spiro atoms. The lowest BCUT2D eigenvalue weighted by atomic mass is 10.1. The molecule has 0 atom stereocenters. The highest BCUT2D eigenvalue weighted by Crippen LogP contribution is 2.34. The number of aromatic nitrogens is 1. The molecule has 2 aromatic carbocycles. The molecule has 174 valence electrons. The predicted octanol–water partition coefficient (Wildman–Crippen LogP) is 5.82. The molecule has 0 N–H and O–H groups in total. The molecule has 0 unspecified atom stereocenters. The van der Waals surface area contributed by atoms with E-state index in [-0.39, 0.29) is 23.7 Å². The molecule has 1 aliphatic heterocycles. The van der Waals surface area contributed by atoms with Crippen molar-refractivity contribution in [3.05, 3.63) is 93.1 Å². The number of ether oxygens (including phenoxy) is 1. The van der Waals surface area contributed by atoms with Crippen molar-refractivity contribution >= 4 is 35.0 Å². The molecule has 34 heavy (non-hydrogen) atoms. The van der Waals surface area contributed by atoms with Gasteiger partial charge in [-0.25, -0.2) is 4.79 Å². The number of amides is 2. The minimum absolute atomic E-state index is 0.259. The highest BCUT2D eigenvalue weighted by atomic mass is 32.2. The summed E-state index contributed by atoms with van der Waals surface area (Å²) in [7, 11) is 0. The van der Waals surface area contributed by atoms with Crippen molar-refractivity contribution in [3.8, 4) is 5.69 Å². The van der Waals surface area contributed by atoms with Gasteiger partial charge >= 0.3 is 5.97 Å². The van der Waals surface area contributed by atoms with Crippen LogP contribution < -0.4 is 0 Å². The maximum Gasteiger partial charge on any atom is 0.338 e. The van der Waals surface area contributed by atoms with Gasteiger partial charge < -0.3 is 9.30 Å². The number of carbonyl (C=O) groups excluding carboxylic acids is 3. The van der Waals surface area contributed by atoms with Crippen LogP contribution >= 0.6 is 11.8 Å². The summed E-state index contributed by atoms with van der Waals surface area (Å²) < 4.78 is 7.10. The molecule has 1 saturated heterocycles. The van der Waals surface area contributed by atoms with E-state index < -0.39 is 0 Å². The number of esters is 1. The smallest absolute Gasteiger partial charge is 0.338 e. The Morgan fingerprint density at radius 1 is 1.03 bits per heavy atom. The van der Waals surface area contributed by atoms with Gasteiger partial charge in [0.15, 0.2) is 0 Å². The molecule has 0 aliphatic carbocycles. The maximum atomic E-state index is 13.0. The van der Waals surface area contributed by atoms with E-state index in [1.807, 2.05) is 63.2 Å². The average Bonchev–Trinajstić information content (AvgIpc) is 3.23. The van der Waals surface area contributed by atoms with E-state index in [0.29, 0.717) is 17.1 Å². The number of rotatable bonds is 6. The van der Waals surface area contributed by atoms with Crippen molar-refractivity contribution in [3.63, 3.8) is 0 Å². The minimum Gasteiger partial charge on any atom is -0.462 e. The summed E-state index contributed by atoms with van der Waals surface area (Å²) in [6.45, 7) is 8.29. The summed E-state index contributed by atoms with van der Waals surface area (Å²) in [5, 5.41) is -0.263. The maximum absolute atomic E-state index is 13.0. The van der Waals surface area contributed by atoms with Crippen molar-refractivity contribution in [1.82, 2.24) is 9.47 Å². The number of benzene rings is 2. The molecule has 1 aromatic heterocycles. The Kier molecular flexibility index (Phi) is 6.75. The zero-order valence-electron chi connectivity index (χ0n) is 19.6. The molecule has 0 bridgehead atoms. The molecule has 7 heteroatoms. The van der Waals surface area contributed by atoms with Gasteiger partial charge in [0.2, 0.25) is 0 Å². The molecule has 1 fully saturated rings. The van der Waals surface area contributed by atoms with Crippen molar-refractivity contribution < 1.29 is 19.1 Å². The monoisotopic (exact) mass is 474 g/mol. The number of thioether (sulfide) groups is 1. The van der Waals surface area contributed by atoms with Crippen LogP contribution in [0, 0.1) is 20.8 Å². The molecule has 0 saturated carbocycles. The van der Waals surface area contributed by atoms with Crippen molar-refractivity contribution in [2.75, 3.05) is 6.61 Å². The van der Waals surface area contributed by atoms with Crippen LogP contribution in [0.15, 0.2) is 59.5 Å². The summed E-state index contributed by atoms with van der Waals surface area (Å²) in [5.41, 5.74) is 6.19. The van der Waals surface area contributed by atoms with Crippen molar-refractivity contribution in [1.29, 1.82) is 0 Å². The number of hydrogen-bond donors (Lipinski definition) is 0. The molecule has 0 radical (unpaired) electrons. The quantitative estimate of drug-likeness (QED) is 0.333. The second-order valence-corrected chi connectivity index (χ2v) is 9.18. The minimum atomic E-state index is -0.350. The highest BCUT2D eigenvalue weighted by molar-refractivity contribution is 8.18. The molecular formula is C27H26N2O4S. The fourth-order valence-electron chi connectivity index (χ4n) is 4.06. The van der Waals surface area contributed by atoms with Gasteiger partial charge in [-0.3, -0.25) is 14.5 Å². The van der Waals surface area contributed by atoms with Gasteiger partial charge in [-0.15, -0.1) is 0 Å². The Balaban J connectivity index is 1.58. The average molecular weight is 475 g/mol. The molecule has 6 nitrogen and oxygen atoms in total. The van der Waals surface area contributed by atoms with Crippen LogP contribution in [0.25, 0.3) is 11.8 Å². The predicted molar refractivity (Wildman–Crippen MR) is 134 cm³/mol. The number of aryl methyl sites for hydroxylation is 2. The van der Waals surface area contributed by atoms with Crippen molar-refractivity contribution in [2.24, 2.45) is 0 Å². The molecule has 2 amide bonds. The topological polar surface area (TPSA) is 68.6 Å². The van der Waals surface area contributed by atoms with Crippen LogP contribution in [0.4, 0.5) is 4.79 Å². The van der Waals surface area contributed by atoms with Gasteiger partial charge in [-0.2, -0.15) is 0 Å². The fraction of sp³-hybridized carbons (Fsp3) is 0.222. The van der Waals surface area contributed by atoms with Crippen LogP contribution in [0.3, 0.4) is 0 Å². The van der Waals surface area contributed by atoms with E-state index in [4.69, 9.17) is 4.74 Å². The largest absolute Gasteiger partial charge is 0.462 e. The standard InChI is InChI=1S/C27H26N2O4S/c1-5-33-26(31)21-9-11-23(12-10-21)29-18(3)14-22(19(29)4)15-24-25(30)28(27(32)34-24)16-20-8-6-7-17(2)13-20/h6-15H,5,16H2,1-4H3/b24-15-. The first-order valence-corrected chi connectivity index (χ1v) is 11.9. The SMILES string of the molecule is CCOC(=O)c1ccc(-n2c(C)cc(/C=C3\SC(=O)N(Cc4cccc(C)c4)C3=O)c2C)cc1. The Bertz CT molecular complexity index is 1300. The van der Waals surface area contributed by atoms with Crippen LogP contribution in [-0.2, 0) is 16.1 Å². The molecule has 1 aliphatic rings. The van der Waals surface area contributed by atoms with E-state index in [1.165, 1.54) is 4.90 Å². The number of nitrogens with zero attached hydrogens (tertiary/aromatic N) is 2. The first-order chi connectivity index (χ1) is 16.3. The van der Waals surface area contributed by atoms with Crippen molar-refractivity contribution in [2.45, 2.75) is 34.2 Å². The first-order valence-electron chi connectivity index (χ1n) is 11.1. The summed E-state index contributed by atoms with van der Waals surface area (Å²) >= 11 is 0.967. The molecular weight excluding hydrogens is 448 g/mol. The second kappa shape index (κ2) is 9.73. The summed E-state index contributed by atoms with van der Waals surface area (Å²) in [4.78, 5) is 39.2. The molecule has 2 heterocycles. The van der Waals surface area contributed by atoms with Gasteiger partial charge in [0.05, 0.1) is 23.6 Å². The van der Waals surface area contributed by atoms with Gasteiger partial charge in [0.1, 0.15) is 0 Å². The van der Waals surface area contributed by atoms with Gasteiger partial charge in [0.25, 0.3) is 11.1 Å². The Morgan fingerprint density at radius 2 is 1.76 bits per heavy atom. The van der Waals surface area contributed by atoms with Gasteiger partial charge in [0, 0.05) is 17.1 Å².